The Morgan fingerprint density at radius 1 is 1.39 bits per heavy atom. The van der Waals surface area contributed by atoms with E-state index >= 15 is 0 Å². The van der Waals surface area contributed by atoms with Crippen molar-refractivity contribution in [1.82, 2.24) is 4.90 Å². The van der Waals surface area contributed by atoms with Crippen molar-refractivity contribution in [3.05, 3.63) is 35.9 Å². The number of benzene rings is 1. The normalized spacial score (nSPS) is 20.8. The average molecular weight is 248 g/mol. The minimum absolute atomic E-state index is 0.359. The van der Waals surface area contributed by atoms with Gasteiger partial charge in [-0.2, -0.15) is 0 Å². The Morgan fingerprint density at radius 3 is 2.89 bits per heavy atom. The first-order chi connectivity index (χ1) is 8.75. The van der Waals surface area contributed by atoms with E-state index in [2.05, 4.69) is 29.2 Å². The zero-order chi connectivity index (χ0) is 12.8. The topological polar surface area (TPSA) is 55.6 Å². The van der Waals surface area contributed by atoms with Crippen LogP contribution in [0.4, 0.5) is 0 Å². The van der Waals surface area contributed by atoms with E-state index < -0.39 is 6.10 Å². The van der Waals surface area contributed by atoms with Gasteiger partial charge < -0.3 is 10.5 Å². The standard InChI is InChI=1S/C14H20N2O2/c15-14(17)13-11-16(9-10-18-13)8-4-7-12-5-2-1-3-6-12/h1-3,5-6,13H,4,7-11H2,(H2,15,17)/t13-/m0/s1. The molecule has 1 fully saturated rings. The Bertz CT molecular complexity index is 381. The van der Waals surface area contributed by atoms with Gasteiger partial charge in [-0.3, -0.25) is 9.69 Å². The molecule has 1 heterocycles. The van der Waals surface area contributed by atoms with Crippen molar-refractivity contribution in [3.8, 4) is 0 Å². The molecular weight excluding hydrogens is 228 g/mol. The van der Waals surface area contributed by atoms with Crippen LogP contribution < -0.4 is 5.73 Å². The van der Waals surface area contributed by atoms with Crippen LogP contribution in [0.3, 0.4) is 0 Å². The van der Waals surface area contributed by atoms with Crippen LogP contribution in [0.15, 0.2) is 30.3 Å². The van der Waals surface area contributed by atoms with Crippen LogP contribution in [0.25, 0.3) is 0 Å². The Hall–Kier alpha value is -1.39. The van der Waals surface area contributed by atoms with Gasteiger partial charge in [-0.15, -0.1) is 0 Å². The summed E-state index contributed by atoms with van der Waals surface area (Å²) in [5, 5.41) is 0. The Kier molecular flexibility index (Phi) is 4.73. The lowest BCUT2D eigenvalue weighted by Gasteiger charge is -2.31. The molecule has 1 aliphatic heterocycles. The second kappa shape index (κ2) is 6.52. The fraction of sp³-hybridized carbons (Fsp3) is 0.500. The van der Waals surface area contributed by atoms with Crippen molar-refractivity contribution in [2.45, 2.75) is 18.9 Å². The minimum Gasteiger partial charge on any atom is -0.367 e. The number of ether oxygens (including phenoxy) is 1. The lowest BCUT2D eigenvalue weighted by Crippen LogP contribution is -2.48. The molecule has 1 saturated heterocycles. The molecule has 98 valence electrons. The Balaban J connectivity index is 1.72. The van der Waals surface area contributed by atoms with Gasteiger partial charge in [0.1, 0.15) is 6.10 Å². The van der Waals surface area contributed by atoms with Gasteiger partial charge in [0.2, 0.25) is 5.91 Å². The number of hydrogen-bond donors (Lipinski definition) is 1. The van der Waals surface area contributed by atoms with Gasteiger partial charge >= 0.3 is 0 Å². The maximum atomic E-state index is 11.1. The molecule has 18 heavy (non-hydrogen) atoms. The number of aryl methyl sites for hydroxylation is 1. The molecular formula is C14H20N2O2. The maximum absolute atomic E-state index is 11.1. The molecule has 1 aliphatic rings. The predicted octanol–water partition coefficient (Wildman–Crippen LogP) is 0.805. The van der Waals surface area contributed by atoms with E-state index in [0.29, 0.717) is 13.2 Å². The van der Waals surface area contributed by atoms with Crippen LogP contribution in [0.2, 0.25) is 0 Å². The van der Waals surface area contributed by atoms with Gasteiger partial charge in [-0.05, 0) is 24.9 Å². The molecule has 0 unspecified atom stereocenters. The lowest BCUT2D eigenvalue weighted by atomic mass is 10.1. The molecule has 1 aromatic carbocycles. The fourth-order valence-electron chi connectivity index (χ4n) is 2.23. The van der Waals surface area contributed by atoms with E-state index in [0.717, 1.165) is 25.9 Å². The largest absolute Gasteiger partial charge is 0.367 e. The third kappa shape index (κ3) is 3.82. The van der Waals surface area contributed by atoms with Crippen molar-refractivity contribution >= 4 is 5.91 Å². The number of nitrogens with zero attached hydrogens (tertiary/aromatic N) is 1. The monoisotopic (exact) mass is 248 g/mol. The summed E-state index contributed by atoms with van der Waals surface area (Å²) in [6.07, 6.45) is 1.73. The number of carbonyl (C=O) groups is 1. The van der Waals surface area contributed by atoms with Crippen LogP contribution in [-0.4, -0.2) is 43.2 Å². The third-order valence-electron chi connectivity index (χ3n) is 3.25. The van der Waals surface area contributed by atoms with Gasteiger partial charge in [-0.1, -0.05) is 30.3 Å². The molecule has 4 heteroatoms. The molecule has 0 aromatic heterocycles. The van der Waals surface area contributed by atoms with E-state index in [-0.39, 0.29) is 5.91 Å². The van der Waals surface area contributed by atoms with Gasteiger partial charge in [0.05, 0.1) is 6.61 Å². The van der Waals surface area contributed by atoms with Crippen LogP contribution in [-0.2, 0) is 16.0 Å². The summed E-state index contributed by atoms with van der Waals surface area (Å²) in [7, 11) is 0. The summed E-state index contributed by atoms with van der Waals surface area (Å²) < 4.78 is 5.32. The summed E-state index contributed by atoms with van der Waals surface area (Å²) in [5.74, 6) is -0.359. The van der Waals surface area contributed by atoms with Crippen molar-refractivity contribution in [2.24, 2.45) is 5.73 Å². The Morgan fingerprint density at radius 2 is 2.17 bits per heavy atom. The summed E-state index contributed by atoms with van der Waals surface area (Å²) in [6.45, 7) is 3.10. The second-order valence-corrected chi connectivity index (χ2v) is 4.65. The molecule has 1 aromatic rings. The summed E-state index contributed by atoms with van der Waals surface area (Å²) in [6, 6.07) is 10.4. The molecule has 1 amide bonds. The highest BCUT2D eigenvalue weighted by Gasteiger charge is 2.23. The highest BCUT2D eigenvalue weighted by atomic mass is 16.5. The lowest BCUT2D eigenvalue weighted by molar-refractivity contribution is -0.135. The predicted molar refractivity (Wildman–Crippen MR) is 70.1 cm³/mol. The molecule has 0 radical (unpaired) electrons. The first kappa shape index (κ1) is 13.1. The Labute approximate surface area is 108 Å². The fourth-order valence-corrected chi connectivity index (χ4v) is 2.23. The van der Waals surface area contributed by atoms with Crippen LogP contribution >= 0.6 is 0 Å². The molecule has 2 N–H and O–H groups in total. The quantitative estimate of drug-likeness (QED) is 0.838. The van der Waals surface area contributed by atoms with Gasteiger partial charge in [0.25, 0.3) is 0 Å². The van der Waals surface area contributed by atoms with Crippen LogP contribution in [0.5, 0.6) is 0 Å². The summed E-state index contributed by atoms with van der Waals surface area (Å²) in [5.41, 5.74) is 6.62. The number of primary amides is 1. The summed E-state index contributed by atoms with van der Waals surface area (Å²) >= 11 is 0. The molecule has 2 rings (SSSR count). The van der Waals surface area contributed by atoms with Crippen molar-refractivity contribution in [2.75, 3.05) is 26.2 Å². The SMILES string of the molecule is NC(=O)[C@@H]1CN(CCCc2ccccc2)CCO1. The maximum Gasteiger partial charge on any atom is 0.247 e. The van der Waals surface area contributed by atoms with Gasteiger partial charge in [0, 0.05) is 13.1 Å². The molecule has 0 aliphatic carbocycles. The van der Waals surface area contributed by atoms with E-state index in [9.17, 15) is 4.79 Å². The van der Waals surface area contributed by atoms with Crippen LogP contribution in [0.1, 0.15) is 12.0 Å². The molecule has 1 atom stereocenters. The number of nitrogens with two attached hydrogens (primary N) is 1. The summed E-state index contributed by atoms with van der Waals surface area (Å²) in [4.78, 5) is 13.3. The van der Waals surface area contributed by atoms with E-state index in [1.807, 2.05) is 6.07 Å². The molecule has 0 saturated carbocycles. The smallest absolute Gasteiger partial charge is 0.247 e. The number of morpholine rings is 1. The van der Waals surface area contributed by atoms with Crippen molar-refractivity contribution in [3.63, 3.8) is 0 Å². The average Bonchev–Trinajstić information content (AvgIpc) is 2.40. The van der Waals surface area contributed by atoms with E-state index in [1.54, 1.807) is 0 Å². The third-order valence-corrected chi connectivity index (χ3v) is 3.25. The first-order valence-electron chi connectivity index (χ1n) is 6.43. The van der Waals surface area contributed by atoms with Crippen LogP contribution in [0, 0.1) is 0 Å². The highest BCUT2D eigenvalue weighted by Crippen LogP contribution is 2.08. The number of carbonyl (C=O) groups excluding carboxylic acids is 1. The number of amides is 1. The van der Waals surface area contributed by atoms with Crippen molar-refractivity contribution in [1.29, 1.82) is 0 Å². The highest BCUT2D eigenvalue weighted by molar-refractivity contribution is 5.79. The van der Waals surface area contributed by atoms with Crippen molar-refractivity contribution < 1.29 is 9.53 Å². The first-order valence-corrected chi connectivity index (χ1v) is 6.43. The molecule has 0 spiro atoms. The van der Waals surface area contributed by atoms with Gasteiger partial charge in [-0.25, -0.2) is 0 Å². The number of rotatable bonds is 5. The van der Waals surface area contributed by atoms with E-state index in [1.165, 1.54) is 5.56 Å². The molecule has 0 bridgehead atoms. The van der Waals surface area contributed by atoms with Gasteiger partial charge in [0.15, 0.2) is 0 Å². The number of hydrogen-bond acceptors (Lipinski definition) is 3. The molecule has 4 nitrogen and oxygen atoms in total. The van der Waals surface area contributed by atoms with E-state index in [4.69, 9.17) is 10.5 Å². The second-order valence-electron chi connectivity index (χ2n) is 4.65. The zero-order valence-corrected chi connectivity index (χ0v) is 10.5. The minimum atomic E-state index is -0.435. The zero-order valence-electron chi connectivity index (χ0n) is 10.5.